The summed E-state index contributed by atoms with van der Waals surface area (Å²) in [6, 6.07) is 9.36. The summed E-state index contributed by atoms with van der Waals surface area (Å²) in [6.07, 6.45) is 2.95. The van der Waals surface area contributed by atoms with Gasteiger partial charge in [-0.2, -0.15) is 10.4 Å². The van der Waals surface area contributed by atoms with Crippen LogP contribution in [0.5, 0.6) is 0 Å². The molecule has 0 atom stereocenters. The van der Waals surface area contributed by atoms with E-state index in [1.165, 1.54) is 6.08 Å². The van der Waals surface area contributed by atoms with Gasteiger partial charge >= 0.3 is 5.97 Å². The van der Waals surface area contributed by atoms with E-state index in [4.69, 9.17) is 16.9 Å². The van der Waals surface area contributed by atoms with Crippen LogP contribution in [0.3, 0.4) is 0 Å². The van der Waals surface area contributed by atoms with Crippen LogP contribution in [-0.2, 0) is 16.1 Å². The van der Waals surface area contributed by atoms with E-state index in [0.29, 0.717) is 11.6 Å². The lowest BCUT2D eigenvalue weighted by atomic mass is 10.1. The second kappa shape index (κ2) is 7.61. The predicted octanol–water partition coefficient (Wildman–Crippen LogP) is 3.28. The average Bonchev–Trinajstić information content (AvgIpc) is 2.79. The fourth-order valence-electron chi connectivity index (χ4n) is 2.20. The van der Waals surface area contributed by atoms with Crippen molar-refractivity contribution in [1.82, 2.24) is 9.78 Å². The molecular weight excluding hydrogens is 314 g/mol. The highest BCUT2D eigenvalue weighted by Gasteiger charge is 2.11. The summed E-state index contributed by atoms with van der Waals surface area (Å²) in [5, 5.41) is 13.6. The van der Waals surface area contributed by atoms with Gasteiger partial charge in [-0.25, -0.2) is 4.79 Å². The van der Waals surface area contributed by atoms with Gasteiger partial charge in [0.05, 0.1) is 12.2 Å². The Morgan fingerprint density at radius 1 is 1.43 bits per heavy atom. The van der Waals surface area contributed by atoms with E-state index < -0.39 is 5.97 Å². The number of carbonyl (C=O) groups is 1. The molecule has 118 valence electrons. The molecule has 0 saturated carbocycles. The number of carbonyl (C=O) groups excluding carboxylic acids is 1. The molecule has 1 aromatic carbocycles. The highest BCUT2D eigenvalue weighted by Crippen LogP contribution is 2.20. The Balaban J connectivity index is 2.20. The van der Waals surface area contributed by atoms with Crippen LogP contribution < -0.4 is 0 Å². The van der Waals surface area contributed by atoms with Gasteiger partial charge in [0.2, 0.25) is 0 Å². The molecule has 0 aliphatic carbocycles. The standard InChI is InChI=1S/C17H16ClN3O2/c1-12-15(7-8-17(22)23-10-9-19)13(2)21(20-12)11-14-5-3-4-6-16(14)18/h3-8H,10-11H2,1-2H3. The largest absolute Gasteiger partial charge is 0.447 e. The third kappa shape index (κ3) is 4.21. The zero-order valence-corrected chi connectivity index (χ0v) is 13.7. The van der Waals surface area contributed by atoms with Gasteiger partial charge in [-0.3, -0.25) is 4.68 Å². The Bertz CT molecular complexity index is 788. The zero-order chi connectivity index (χ0) is 16.8. The first-order chi connectivity index (χ1) is 11.0. The lowest BCUT2D eigenvalue weighted by molar-refractivity contribution is -0.136. The third-order valence-electron chi connectivity index (χ3n) is 3.38. The van der Waals surface area contributed by atoms with E-state index in [0.717, 1.165) is 22.5 Å². The summed E-state index contributed by atoms with van der Waals surface area (Å²) in [5.74, 6) is -0.552. The van der Waals surface area contributed by atoms with Gasteiger partial charge < -0.3 is 4.74 Å². The molecule has 0 N–H and O–H groups in total. The van der Waals surface area contributed by atoms with E-state index in [2.05, 4.69) is 9.84 Å². The molecule has 0 radical (unpaired) electrons. The minimum Gasteiger partial charge on any atom is -0.447 e. The van der Waals surface area contributed by atoms with Gasteiger partial charge in [0.25, 0.3) is 0 Å². The van der Waals surface area contributed by atoms with Crippen molar-refractivity contribution in [3.05, 3.63) is 57.9 Å². The molecule has 0 amide bonds. The summed E-state index contributed by atoms with van der Waals surface area (Å²) < 4.78 is 6.52. The number of hydrogen-bond acceptors (Lipinski definition) is 4. The molecule has 0 bridgehead atoms. The Hall–Kier alpha value is -2.58. The summed E-state index contributed by atoms with van der Waals surface area (Å²) in [5.41, 5.74) is 3.56. The lowest BCUT2D eigenvalue weighted by Gasteiger charge is -2.06. The Morgan fingerprint density at radius 2 is 2.17 bits per heavy atom. The molecule has 2 aromatic rings. The number of aryl methyl sites for hydroxylation is 1. The zero-order valence-electron chi connectivity index (χ0n) is 12.9. The number of halogens is 1. The number of esters is 1. The molecular formula is C17H16ClN3O2. The average molecular weight is 330 g/mol. The monoisotopic (exact) mass is 329 g/mol. The SMILES string of the molecule is Cc1nn(Cc2ccccc2Cl)c(C)c1C=CC(=O)OCC#N. The van der Waals surface area contributed by atoms with Gasteiger partial charge in [-0.05, 0) is 31.6 Å². The predicted molar refractivity (Wildman–Crippen MR) is 87.9 cm³/mol. The fraction of sp³-hybridized carbons (Fsp3) is 0.235. The van der Waals surface area contributed by atoms with Crippen molar-refractivity contribution in [1.29, 1.82) is 5.26 Å². The quantitative estimate of drug-likeness (QED) is 0.623. The molecule has 0 saturated heterocycles. The maximum Gasteiger partial charge on any atom is 0.331 e. The van der Waals surface area contributed by atoms with Crippen LogP contribution in [0.2, 0.25) is 5.02 Å². The normalized spacial score (nSPS) is 10.7. The number of ether oxygens (including phenoxy) is 1. The van der Waals surface area contributed by atoms with Crippen LogP contribution in [0.4, 0.5) is 0 Å². The van der Waals surface area contributed by atoms with Crippen LogP contribution in [0.25, 0.3) is 6.08 Å². The van der Waals surface area contributed by atoms with Crippen molar-refractivity contribution >= 4 is 23.6 Å². The Labute approximate surface area is 139 Å². The molecule has 23 heavy (non-hydrogen) atoms. The summed E-state index contributed by atoms with van der Waals surface area (Å²) in [4.78, 5) is 11.4. The van der Waals surface area contributed by atoms with Crippen LogP contribution in [0.15, 0.2) is 30.3 Å². The first-order valence-electron chi connectivity index (χ1n) is 7.02. The van der Waals surface area contributed by atoms with Crippen molar-refractivity contribution in [3.63, 3.8) is 0 Å². The molecule has 0 aliphatic rings. The van der Waals surface area contributed by atoms with Gasteiger partial charge in [0, 0.05) is 22.4 Å². The molecule has 0 fully saturated rings. The van der Waals surface area contributed by atoms with E-state index in [-0.39, 0.29) is 6.61 Å². The van der Waals surface area contributed by atoms with Gasteiger partial charge in [-0.1, -0.05) is 29.8 Å². The molecule has 1 heterocycles. The van der Waals surface area contributed by atoms with Crippen LogP contribution in [-0.4, -0.2) is 22.4 Å². The van der Waals surface area contributed by atoms with Crippen molar-refractivity contribution in [2.75, 3.05) is 6.61 Å². The molecule has 0 spiro atoms. The van der Waals surface area contributed by atoms with E-state index in [9.17, 15) is 4.79 Å². The van der Waals surface area contributed by atoms with Crippen molar-refractivity contribution in [2.24, 2.45) is 0 Å². The Morgan fingerprint density at radius 3 is 2.87 bits per heavy atom. The highest BCUT2D eigenvalue weighted by molar-refractivity contribution is 6.31. The smallest absolute Gasteiger partial charge is 0.331 e. The number of rotatable bonds is 5. The second-order valence-corrected chi connectivity index (χ2v) is 5.34. The number of nitriles is 1. The summed E-state index contributed by atoms with van der Waals surface area (Å²) in [6.45, 7) is 4.10. The van der Waals surface area contributed by atoms with Crippen LogP contribution >= 0.6 is 11.6 Å². The van der Waals surface area contributed by atoms with E-state index >= 15 is 0 Å². The molecule has 5 nitrogen and oxygen atoms in total. The number of benzene rings is 1. The summed E-state index contributed by atoms with van der Waals surface area (Å²) in [7, 11) is 0. The van der Waals surface area contributed by atoms with E-state index in [1.807, 2.05) is 42.8 Å². The van der Waals surface area contributed by atoms with Crippen molar-refractivity contribution < 1.29 is 9.53 Å². The first kappa shape index (κ1) is 16.8. The minimum absolute atomic E-state index is 0.257. The minimum atomic E-state index is -0.552. The molecule has 2 rings (SSSR count). The third-order valence-corrected chi connectivity index (χ3v) is 3.75. The maximum absolute atomic E-state index is 11.4. The highest BCUT2D eigenvalue weighted by atomic mass is 35.5. The van der Waals surface area contributed by atoms with Crippen molar-refractivity contribution in [2.45, 2.75) is 20.4 Å². The van der Waals surface area contributed by atoms with Crippen LogP contribution in [0.1, 0.15) is 22.5 Å². The number of hydrogen-bond donors (Lipinski definition) is 0. The lowest BCUT2D eigenvalue weighted by Crippen LogP contribution is -2.04. The number of aromatic nitrogens is 2. The second-order valence-electron chi connectivity index (χ2n) is 4.93. The Kier molecular flexibility index (Phi) is 5.56. The van der Waals surface area contributed by atoms with Crippen molar-refractivity contribution in [3.8, 4) is 6.07 Å². The van der Waals surface area contributed by atoms with Gasteiger partial charge in [0.15, 0.2) is 6.61 Å². The maximum atomic E-state index is 11.4. The first-order valence-corrected chi connectivity index (χ1v) is 7.40. The molecule has 6 heteroatoms. The van der Waals surface area contributed by atoms with E-state index in [1.54, 1.807) is 12.1 Å². The molecule has 1 aromatic heterocycles. The van der Waals surface area contributed by atoms with Gasteiger partial charge in [0.1, 0.15) is 6.07 Å². The molecule has 0 aliphatic heterocycles. The van der Waals surface area contributed by atoms with Gasteiger partial charge in [-0.15, -0.1) is 0 Å². The fourth-order valence-corrected chi connectivity index (χ4v) is 2.39. The molecule has 0 unspecified atom stereocenters. The summed E-state index contributed by atoms with van der Waals surface area (Å²) >= 11 is 6.18. The number of nitrogens with zero attached hydrogens (tertiary/aromatic N) is 3. The van der Waals surface area contributed by atoms with Crippen LogP contribution in [0, 0.1) is 25.2 Å². The topological polar surface area (TPSA) is 67.9 Å².